The highest BCUT2D eigenvalue weighted by Gasteiger charge is 2.15. The Morgan fingerprint density at radius 1 is 1.25 bits per heavy atom. The van der Waals surface area contributed by atoms with Gasteiger partial charge in [-0.2, -0.15) is 0 Å². The largest absolute Gasteiger partial charge is 0.497 e. The van der Waals surface area contributed by atoms with Crippen molar-refractivity contribution in [2.75, 3.05) is 20.8 Å². The second kappa shape index (κ2) is 8.16. The number of hydrogen-bond donors (Lipinski definition) is 1. The van der Waals surface area contributed by atoms with Crippen LogP contribution in [0.1, 0.15) is 16.9 Å². The molecule has 1 N–H and O–H groups in total. The molecule has 3 rings (SSSR count). The van der Waals surface area contributed by atoms with E-state index in [-0.39, 0.29) is 18.0 Å². The van der Waals surface area contributed by atoms with Crippen LogP contribution in [0.3, 0.4) is 0 Å². The van der Waals surface area contributed by atoms with Gasteiger partial charge in [-0.3, -0.25) is 14.2 Å². The summed E-state index contributed by atoms with van der Waals surface area (Å²) in [6.45, 7) is 3.89. The monoisotopic (exact) mass is 385 g/mol. The molecule has 28 heavy (non-hydrogen) atoms. The van der Waals surface area contributed by atoms with Crippen molar-refractivity contribution in [3.8, 4) is 11.5 Å². The fourth-order valence-electron chi connectivity index (χ4n) is 2.99. The lowest BCUT2D eigenvalue weighted by Gasteiger charge is -2.11. The van der Waals surface area contributed by atoms with Crippen LogP contribution in [0, 0.1) is 13.8 Å². The summed E-state index contributed by atoms with van der Waals surface area (Å²) in [5.41, 5.74) is 1.71. The Bertz CT molecular complexity index is 1070. The van der Waals surface area contributed by atoms with Gasteiger partial charge in [0.2, 0.25) is 11.6 Å². The first-order valence-electron chi connectivity index (χ1n) is 8.87. The summed E-state index contributed by atoms with van der Waals surface area (Å²) in [5, 5.41) is 3.23. The van der Waals surface area contributed by atoms with Gasteiger partial charge in [-0.1, -0.05) is 6.07 Å². The summed E-state index contributed by atoms with van der Waals surface area (Å²) in [6.07, 6.45) is 1.92. The van der Waals surface area contributed by atoms with Crippen molar-refractivity contribution >= 4 is 17.0 Å². The van der Waals surface area contributed by atoms with E-state index in [1.807, 2.05) is 12.1 Å². The maximum atomic E-state index is 12.6. The number of nitrogens with one attached hydrogen (secondary N) is 1. The highest BCUT2D eigenvalue weighted by atomic mass is 16.5. The highest BCUT2D eigenvalue weighted by molar-refractivity contribution is 5.79. The van der Waals surface area contributed by atoms with Gasteiger partial charge in [0.25, 0.3) is 5.56 Å². The summed E-state index contributed by atoms with van der Waals surface area (Å²) in [6, 6.07) is 5.54. The minimum atomic E-state index is -0.286. The van der Waals surface area contributed by atoms with Gasteiger partial charge in [0.15, 0.2) is 0 Å². The lowest BCUT2D eigenvalue weighted by molar-refractivity contribution is -0.121. The number of furan rings is 1. The second-order valence-electron chi connectivity index (χ2n) is 6.42. The molecule has 0 radical (unpaired) electrons. The van der Waals surface area contributed by atoms with Crippen LogP contribution in [-0.2, 0) is 17.8 Å². The molecule has 0 aliphatic heterocycles. The molecule has 8 nitrogen and oxygen atoms in total. The van der Waals surface area contributed by atoms with E-state index < -0.39 is 0 Å². The Labute approximate surface area is 162 Å². The van der Waals surface area contributed by atoms with Gasteiger partial charge in [-0.15, -0.1) is 0 Å². The van der Waals surface area contributed by atoms with Crippen molar-refractivity contribution < 1.29 is 18.7 Å². The minimum absolute atomic E-state index is 0.106. The molecule has 0 spiro atoms. The minimum Gasteiger partial charge on any atom is -0.497 e. The quantitative estimate of drug-likeness (QED) is 0.668. The van der Waals surface area contributed by atoms with E-state index in [0.717, 1.165) is 11.1 Å². The van der Waals surface area contributed by atoms with Crippen LogP contribution in [0.25, 0.3) is 11.1 Å². The predicted molar refractivity (Wildman–Crippen MR) is 104 cm³/mol. The number of amides is 1. The van der Waals surface area contributed by atoms with E-state index in [0.29, 0.717) is 41.3 Å². The number of benzene rings is 1. The Morgan fingerprint density at radius 3 is 2.75 bits per heavy atom. The first kappa shape index (κ1) is 19.5. The lowest BCUT2D eigenvalue weighted by Crippen LogP contribution is -2.33. The molecule has 0 aliphatic carbocycles. The normalized spacial score (nSPS) is 10.9. The number of nitrogens with zero attached hydrogens (tertiary/aromatic N) is 2. The first-order chi connectivity index (χ1) is 13.4. The molecule has 1 aromatic carbocycles. The SMILES string of the molecule is COc1ccc(CCNC(=O)Cn2cnc3oc(C)c(C)c3c2=O)c(OC)c1. The zero-order chi connectivity index (χ0) is 20.3. The molecule has 0 saturated carbocycles. The summed E-state index contributed by atoms with van der Waals surface area (Å²) in [4.78, 5) is 29.0. The maximum absolute atomic E-state index is 12.6. The third-order valence-electron chi connectivity index (χ3n) is 4.68. The Morgan fingerprint density at radius 2 is 2.04 bits per heavy atom. The van der Waals surface area contributed by atoms with Gasteiger partial charge >= 0.3 is 0 Å². The van der Waals surface area contributed by atoms with Gasteiger partial charge in [0.05, 0.1) is 14.2 Å². The number of rotatable bonds is 7. The Kier molecular flexibility index (Phi) is 5.67. The number of hydrogen-bond acceptors (Lipinski definition) is 6. The zero-order valence-corrected chi connectivity index (χ0v) is 16.4. The summed E-state index contributed by atoms with van der Waals surface area (Å²) >= 11 is 0. The number of fused-ring (bicyclic) bond motifs is 1. The molecule has 2 aromatic heterocycles. The van der Waals surface area contributed by atoms with Gasteiger partial charge in [-0.05, 0) is 31.9 Å². The fraction of sp³-hybridized carbons (Fsp3) is 0.350. The molecular weight excluding hydrogens is 362 g/mol. The van der Waals surface area contributed by atoms with Crippen LogP contribution < -0.4 is 20.3 Å². The number of ether oxygens (including phenoxy) is 2. The van der Waals surface area contributed by atoms with E-state index in [1.54, 1.807) is 34.1 Å². The van der Waals surface area contributed by atoms with Crippen molar-refractivity contribution in [3.05, 3.63) is 51.8 Å². The molecule has 3 aromatic rings. The van der Waals surface area contributed by atoms with Crippen LogP contribution in [0.5, 0.6) is 11.5 Å². The lowest BCUT2D eigenvalue weighted by atomic mass is 10.1. The Balaban J connectivity index is 1.64. The molecular formula is C20H23N3O5. The smallest absolute Gasteiger partial charge is 0.265 e. The predicted octanol–water partition coefficient (Wildman–Crippen LogP) is 1.98. The van der Waals surface area contributed by atoms with E-state index in [1.165, 1.54) is 10.9 Å². The van der Waals surface area contributed by atoms with Gasteiger partial charge in [0, 0.05) is 18.2 Å². The molecule has 0 atom stereocenters. The van der Waals surface area contributed by atoms with Gasteiger partial charge in [0.1, 0.15) is 35.5 Å². The molecule has 0 fully saturated rings. The van der Waals surface area contributed by atoms with Crippen LogP contribution in [0.4, 0.5) is 0 Å². The van der Waals surface area contributed by atoms with Gasteiger partial charge < -0.3 is 19.2 Å². The van der Waals surface area contributed by atoms with Crippen molar-refractivity contribution in [3.63, 3.8) is 0 Å². The highest BCUT2D eigenvalue weighted by Crippen LogP contribution is 2.24. The van der Waals surface area contributed by atoms with Crippen LogP contribution in [0.2, 0.25) is 0 Å². The third kappa shape index (κ3) is 3.85. The number of aromatic nitrogens is 2. The van der Waals surface area contributed by atoms with Crippen molar-refractivity contribution in [2.24, 2.45) is 0 Å². The van der Waals surface area contributed by atoms with Crippen molar-refractivity contribution in [1.82, 2.24) is 14.9 Å². The summed E-state index contributed by atoms with van der Waals surface area (Å²) in [7, 11) is 3.18. The van der Waals surface area contributed by atoms with E-state index in [9.17, 15) is 9.59 Å². The zero-order valence-electron chi connectivity index (χ0n) is 16.4. The van der Waals surface area contributed by atoms with Crippen molar-refractivity contribution in [1.29, 1.82) is 0 Å². The first-order valence-corrected chi connectivity index (χ1v) is 8.87. The van der Waals surface area contributed by atoms with Crippen LogP contribution in [0.15, 0.2) is 33.7 Å². The molecule has 0 saturated heterocycles. The fourth-order valence-corrected chi connectivity index (χ4v) is 2.99. The topological polar surface area (TPSA) is 95.6 Å². The molecule has 0 aliphatic rings. The van der Waals surface area contributed by atoms with Gasteiger partial charge in [-0.25, -0.2) is 4.98 Å². The molecule has 0 unspecified atom stereocenters. The summed E-state index contributed by atoms with van der Waals surface area (Å²) in [5.74, 6) is 1.78. The molecule has 2 heterocycles. The third-order valence-corrected chi connectivity index (χ3v) is 4.68. The standard InChI is InChI=1S/C20H23N3O5/c1-12-13(2)28-19-18(12)20(25)23(11-22-19)10-17(24)21-8-7-14-5-6-15(26-3)9-16(14)27-4/h5-6,9,11H,7-8,10H2,1-4H3,(H,21,24). The number of aryl methyl sites for hydroxylation is 2. The average molecular weight is 385 g/mol. The Hall–Kier alpha value is -3.29. The molecule has 0 bridgehead atoms. The molecule has 148 valence electrons. The molecule has 8 heteroatoms. The number of methoxy groups -OCH3 is 2. The second-order valence-corrected chi connectivity index (χ2v) is 6.42. The average Bonchev–Trinajstić information content (AvgIpc) is 2.98. The molecule has 1 amide bonds. The maximum Gasteiger partial charge on any atom is 0.265 e. The van der Waals surface area contributed by atoms with E-state index in [2.05, 4.69) is 10.3 Å². The number of carbonyl (C=O) groups excluding carboxylic acids is 1. The number of carbonyl (C=O) groups is 1. The van der Waals surface area contributed by atoms with Crippen LogP contribution in [-0.4, -0.2) is 36.2 Å². The van der Waals surface area contributed by atoms with E-state index in [4.69, 9.17) is 13.9 Å². The van der Waals surface area contributed by atoms with Crippen LogP contribution >= 0.6 is 0 Å². The van der Waals surface area contributed by atoms with E-state index >= 15 is 0 Å². The van der Waals surface area contributed by atoms with Crippen molar-refractivity contribution in [2.45, 2.75) is 26.8 Å². The summed E-state index contributed by atoms with van der Waals surface area (Å²) < 4.78 is 17.3.